The normalized spacial score (nSPS) is 13.1. The van der Waals surface area contributed by atoms with Crippen LogP contribution in [0.1, 0.15) is 16.3 Å². The molecular formula is C10H10F3NO5. The van der Waals surface area contributed by atoms with E-state index in [1.165, 1.54) is 6.07 Å². The Hall–Kier alpha value is -2.03. The van der Waals surface area contributed by atoms with Gasteiger partial charge in [-0.05, 0) is 12.1 Å². The van der Waals surface area contributed by atoms with Gasteiger partial charge in [-0.1, -0.05) is 0 Å². The lowest BCUT2D eigenvalue weighted by Crippen LogP contribution is -2.45. The van der Waals surface area contributed by atoms with Crippen LogP contribution in [-0.4, -0.2) is 40.9 Å². The van der Waals surface area contributed by atoms with E-state index in [1.807, 2.05) is 0 Å². The van der Waals surface area contributed by atoms with Crippen LogP contribution in [0.3, 0.4) is 0 Å². The number of aromatic carboxylic acids is 1. The smallest absolute Gasteiger partial charge is 0.471 e. The maximum Gasteiger partial charge on any atom is 0.471 e. The number of carboxylic acids is 1. The molecule has 9 heteroatoms. The lowest BCUT2D eigenvalue weighted by Gasteiger charge is -2.16. The lowest BCUT2D eigenvalue weighted by molar-refractivity contribution is -0.174. The summed E-state index contributed by atoms with van der Waals surface area (Å²) in [6.07, 6.45) is -5.31. The minimum absolute atomic E-state index is 0.0407. The molecule has 6 nitrogen and oxygen atoms in total. The molecule has 19 heavy (non-hydrogen) atoms. The van der Waals surface area contributed by atoms with E-state index in [1.54, 1.807) is 5.32 Å². The molecule has 1 heterocycles. The number of nitrogens with one attached hydrogen (secondary N) is 1. The van der Waals surface area contributed by atoms with Crippen LogP contribution in [0.4, 0.5) is 13.2 Å². The van der Waals surface area contributed by atoms with Gasteiger partial charge in [0.15, 0.2) is 0 Å². The van der Waals surface area contributed by atoms with Crippen molar-refractivity contribution in [3.05, 3.63) is 23.7 Å². The van der Waals surface area contributed by atoms with Gasteiger partial charge in [0.05, 0.1) is 12.6 Å². The molecule has 3 N–H and O–H groups in total. The van der Waals surface area contributed by atoms with E-state index in [4.69, 9.17) is 14.6 Å². The number of carbonyl (C=O) groups excluding carboxylic acids is 1. The van der Waals surface area contributed by atoms with Gasteiger partial charge in [-0.3, -0.25) is 4.79 Å². The number of carbonyl (C=O) groups is 2. The molecule has 0 fully saturated rings. The number of halogens is 3. The summed E-state index contributed by atoms with van der Waals surface area (Å²) in [6, 6.07) is 1.14. The van der Waals surface area contributed by atoms with Crippen LogP contribution in [0.5, 0.6) is 0 Å². The van der Waals surface area contributed by atoms with Gasteiger partial charge in [-0.15, -0.1) is 0 Å². The predicted molar refractivity (Wildman–Crippen MR) is 54.4 cm³/mol. The Morgan fingerprint density at radius 2 is 2.00 bits per heavy atom. The first-order chi connectivity index (χ1) is 8.74. The number of amides is 1. The molecule has 0 spiro atoms. The van der Waals surface area contributed by atoms with Crippen LogP contribution >= 0.6 is 0 Å². The zero-order valence-electron chi connectivity index (χ0n) is 9.40. The Kier molecular flexibility index (Phi) is 4.54. The minimum Gasteiger partial charge on any atom is -0.475 e. The molecule has 1 aromatic heterocycles. The molecule has 0 saturated carbocycles. The number of rotatable bonds is 5. The zero-order valence-corrected chi connectivity index (χ0v) is 9.40. The molecule has 0 aromatic carbocycles. The highest BCUT2D eigenvalue weighted by Gasteiger charge is 2.39. The summed E-state index contributed by atoms with van der Waals surface area (Å²) in [5.74, 6) is -3.85. The van der Waals surface area contributed by atoms with E-state index >= 15 is 0 Å². The number of aliphatic hydroxyl groups excluding tert-OH is 1. The van der Waals surface area contributed by atoms with Crippen LogP contribution in [0, 0.1) is 0 Å². The molecule has 1 atom stereocenters. The zero-order chi connectivity index (χ0) is 14.6. The highest BCUT2D eigenvalue weighted by molar-refractivity contribution is 5.84. The molecule has 0 saturated heterocycles. The van der Waals surface area contributed by atoms with E-state index in [0.717, 1.165) is 6.07 Å². The molecule has 0 aliphatic rings. The fraction of sp³-hybridized carbons (Fsp3) is 0.400. The van der Waals surface area contributed by atoms with Crippen molar-refractivity contribution >= 4 is 11.9 Å². The van der Waals surface area contributed by atoms with Gasteiger partial charge < -0.3 is 19.9 Å². The lowest BCUT2D eigenvalue weighted by atomic mass is 10.2. The van der Waals surface area contributed by atoms with E-state index < -0.39 is 30.7 Å². The summed E-state index contributed by atoms with van der Waals surface area (Å²) in [4.78, 5) is 21.2. The van der Waals surface area contributed by atoms with E-state index in [-0.39, 0.29) is 17.9 Å². The third kappa shape index (κ3) is 4.28. The molecular weight excluding hydrogens is 271 g/mol. The number of hydrogen-bond acceptors (Lipinski definition) is 4. The molecule has 1 unspecified atom stereocenters. The maximum absolute atomic E-state index is 12.0. The second kappa shape index (κ2) is 5.74. The third-order valence-corrected chi connectivity index (χ3v) is 2.13. The van der Waals surface area contributed by atoms with Crippen molar-refractivity contribution in [3.8, 4) is 0 Å². The molecule has 1 rings (SSSR count). The first kappa shape index (κ1) is 15.0. The standard InChI is InChI=1S/C10H10F3NO5/c11-10(12,13)9(18)14-5(4-15)3-6-1-2-7(19-6)8(16)17/h1-2,5,15H,3-4H2,(H,14,18)(H,16,17). The Morgan fingerprint density at radius 1 is 1.37 bits per heavy atom. The summed E-state index contributed by atoms with van der Waals surface area (Å²) >= 11 is 0. The minimum atomic E-state index is -5.05. The maximum atomic E-state index is 12.0. The van der Waals surface area contributed by atoms with Crippen molar-refractivity contribution in [3.63, 3.8) is 0 Å². The number of hydrogen-bond donors (Lipinski definition) is 3. The van der Waals surface area contributed by atoms with Gasteiger partial charge in [0.25, 0.3) is 0 Å². The van der Waals surface area contributed by atoms with Gasteiger partial charge in [0.2, 0.25) is 5.76 Å². The van der Waals surface area contributed by atoms with Crippen LogP contribution < -0.4 is 5.32 Å². The van der Waals surface area contributed by atoms with Crippen LogP contribution in [0.15, 0.2) is 16.5 Å². The van der Waals surface area contributed by atoms with Gasteiger partial charge in [0.1, 0.15) is 5.76 Å². The number of aliphatic hydroxyl groups is 1. The molecule has 0 radical (unpaired) electrons. The highest BCUT2D eigenvalue weighted by Crippen LogP contribution is 2.15. The van der Waals surface area contributed by atoms with Gasteiger partial charge in [0, 0.05) is 6.42 Å². The summed E-state index contributed by atoms with van der Waals surface area (Å²) in [5.41, 5.74) is 0. The van der Waals surface area contributed by atoms with Gasteiger partial charge >= 0.3 is 18.1 Å². The van der Waals surface area contributed by atoms with Crippen LogP contribution in [0.2, 0.25) is 0 Å². The molecule has 106 valence electrons. The summed E-state index contributed by atoms with van der Waals surface area (Å²) < 4.78 is 40.8. The van der Waals surface area contributed by atoms with E-state index in [2.05, 4.69) is 0 Å². The number of alkyl halides is 3. The Labute approximate surface area is 104 Å². The fourth-order valence-electron chi connectivity index (χ4n) is 1.27. The van der Waals surface area contributed by atoms with Crippen LogP contribution in [0.25, 0.3) is 0 Å². The molecule has 1 amide bonds. The Bertz CT molecular complexity index is 468. The molecule has 0 bridgehead atoms. The summed E-state index contributed by atoms with van der Waals surface area (Å²) in [5, 5.41) is 19.0. The first-order valence-corrected chi connectivity index (χ1v) is 5.04. The predicted octanol–water partition coefficient (Wildman–Crippen LogP) is 0.560. The Morgan fingerprint density at radius 3 is 2.42 bits per heavy atom. The average molecular weight is 281 g/mol. The van der Waals surface area contributed by atoms with Crippen molar-refractivity contribution in [1.82, 2.24) is 5.32 Å². The SMILES string of the molecule is O=C(O)c1ccc(CC(CO)NC(=O)C(F)(F)F)o1. The van der Waals surface area contributed by atoms with Gasteiger partial charge in [-0.2, -0.15) is 13.2 Å². The third-order valence-electron chi connectivity index (χ3n) is 2.13. The monoisotopic (exact) mass is 281 g/mol. The fourth-order valence-corrected chi connectivity index (χ4v) is 1.27. The topological polar surface area (TPSA) is 99.8 Å². The first-order valence-electron chi connectivity index (χ1n) is 5.04. The molecule has 0 aliphatic carbocycles. The Balaban J connectivity index is 2.66. The summed E-state index contributed by atoms with van der Waals surface area (Å²) in [6.45, 7) is -0.745. The van der Waals surface area contributed by atoms with Crippen molar-refractivity contribution in [2.24, 2.45) is 0 Å². The second-order valence-corrected chi connectivity index (χ2v) is 3.63. The molecule has 1 aromatic rings. The van der Waals surface area contributed by atoms with E-state index in [0.29, 0.717) is 0 Å². The largest absolute Gasteiger partial charge is 0.475 e. The highest BCUT2D eigenvalue weighted by atomic mass is 19.4. The summed E-state index contributed by atoms with van der Waals surface area (Å²) in [7, 11) is 0. The van der Waals surface area contributed by atoms with Crippen molar-refractivity contribution in [2.75, 3.05) is 6.61 Å². The van der Waals surface area contributed by atoms with Crippen LogP contribution in [-0.2, 0) is 11.2 Å². The van der Waals surface area contributed by atoms with Crippen molar-refractivity contribution in [2.45, 2.75) is 18.6 Å². The average Bonchev–Trinajstić information content (AvgIpc) is 2.75. The van der Waals surface area contributed by atoms with Gasteiger partial charge in [-0.25, -0.2) is 4.79 Å². The number of carboxylic acid groups (broad SMARTS) is 1. The molecule has 0 aliphatic heterocycles. The quantitative estimate of drug-likeness (QED) is 0.732. The van der Waals surface area contributed by atoms with Crippen molar-refractivity contribution < 1.29 is 37.4 Å². The van der Waals surface area contributed by atoms with Crippen molar-refractivity contribution in [1.29, 1.82) is 0 Å². The second-order valence-electron chi connectivity index (χ2n) is 3.63. The van der Waals surface area contributed by atoms with E-state index in [9.17, 15) is 22.8 Å². The number of furan rings is 1.